The summed E-state index contributed by atoms with van der Waals surface area (Å²) in [6, 6.07) is 0. The molecule has 14 heavy (non-hydrogen) atoms. The van der Waals surface area contributed by atoms with E-state index >= 15 is 0 Å². The quantitative estimate of drug-likeness (QED) is 0.355. The van der Waals surface area contributed by atoms with Crippen molar-refractivity contribution in [2.24, 2.45) is 0 Å². The number of rotatable bonds is 7. The van der Waals surface area contributed by atoms with E-state index in [0.29, 0.717) is 12.0 Å². The molecule has 0 unspecified atom stereocenters. The van der Waals surface area contributed by atoms with Gasteiger partial charge in [-0.2, -0.15) is 0 Å². The Labute approximate surface area is 86.3 Å². The molecule has 0 aliphatic rings. The fourth-order valence-corrected chi connectivity index (χ4v) is 1.12. The average Bonchev–Trinajstić information content (AvgIpc) is 2.16. The van der Waals surface area contributed by atoms with Gasteiger partial charge in [-0.25, -0.2) is 0 Å². The molecule has 0 amide bonds. The van der Waals surface area contributed by atoms with E-state index in [2.05, 4.69) is 6.92 Å². The van der Waals surface area contributed by atoms with Crippen LogP contribution >= 0.6 is 0 Å². The highest BCUT2D eigenvalue weighted by molar-refractivity contribution is 5.84. The largest absolute Gasteiger partial charge is 0.545 e. The zero-order valence-corrected chi connectivity index (χ0v) is 9.08. The Morgan fingerprint density at radius 2 is 2.00 bits per heavy atom. The first-order valence-corrected chi connectivity index (χ1v) is 5.29. The SMILES string of the molecule is CCCCC/C=C/C=C(\CC)C(=O)[O-]. The lowest BCUT2D eigenvalue weighted by Gasteiger charge is -2.02. The first-order valence-electron chi connectivity index (χ1n) is 5.29. The van der Waals surface area contributed by atoms with Crippen LogP contribution in [0, 0.1) is 0 Å². The van der Waals surface area contributed by atoms with Gasteiger partial charge in [0.1, 0.15) is 0 Å². The fraction of sp³-hybridized carbons (Fsp3) is 0.583. The number of hydrogen-bond donors (Lipinski definition) is 0. The first kappa shape index (κ1) is 12.9. The van der Waals surface area contributed by atoms with Crippen LogP contribution in [-0.4, -0.2) is 5.97 Å². The Balaban J connectivity index is 3.81. The van der Waals surface area contributed by atoms with Gasteiger partial charge in [-0.05, 0) is 24.8 Å². The first-order chi connectivity index (χ1) is 6.72. The molecule has 2 nitrogen and oxygen atoms in total. The standard InChI is InChI=1S/C12H20O2/c1-3-5-6-7-8-9-10-11(4-2)12(13)14/h8-10H,3-7H2,1-2H3,(H,13,14)/p-1/b9-8+,11-10+. The monoisotopic (exact) mass is 195 g/mol. The molecule has 0 fully saturated rings. The van der Waals surface area contributed by atoms with E-state index in [1.54, 1.807) is 6.08 Å². The van der Waals surface area contributed by atoms with Crippen LogP contribution in [-0.2, 0) is 4.79 Å². The van der Waals surface area contributed by atoms with Crippen molar-refractivity contribution in [1.82, 2.24) is 0 Å². The lowest BCUT2D eigenvalue weighted by molar-refractivity contribution is -0.299. The summed E-state index contributed by atoms with van der Waals surface area (Å²) in [4.78, 5) is 10.5. The second kappa shape index (κ2) is 8.54. The Morgan fingerprint density at radius 3 is 2.50 bits per heavy atom. The van der Waals surface area contributed by atoms with Crippen LogP contribution in [0.15, 0.2) is 23.8 Å². The molecule has 0 aromatic rings. The number of carboxylic acids is 1. The summed E-state index contributed by atoms with van der Waals surface area (Å²) >= 11 is 0. The summed E-state index contributed by atoms with van der Waals surface area (Å²) in [5.74, 6) is -1.06. The van der Waals surface area contributed by atoms with E-state index in [1.807, 2.05) is 19.1 Å². The molecule has 0 aromatic heterocycles. The van der Waals surface area contributed by atoms with Crippen molar-refractivity contribution in [3.05, 3.63) is 23.8 Å². The summed E-state index contributed by atoms with van der Waals surface area (Å²) in [5, 5.41) is 10.5. The van der Waals surface area contributed by atoms with Gasteiger partial charge in [0.25, 0.3) is 0 Å². The van der Waals surface area contributed by atoms with Crippen molar-refractivity contribution in [3.8, 4) is 0 Å². The maximum atomic E-state index is 10.5. The molecule has 0 bridgehead atoms. The van der Waals surface area contributed by atoms with Crippen molar-refractivity contribution in [2.45, 2.75) is 46.0 Å². The molecule has 80 valence electrons. The Kier molecular flexibility index (Phi) is 7.90. The minimum absolute atomic E-state index is 0.358. The van der Waals surface area contributed by atoms with Crippen LogP contribution in [0.25, 0.3) is 0 Å². The number of carbonyl (C=O) groups is 1. The van der Waals surface area contributed by atoms with Crippen LogP contribution in [0.1, 0.15) is 46.0 Å². The van der Waals surface area contributed by atoms with E-state index in [0.717, 1.165) is 6.42 Å². The minimum atomic E-state index is -1.06. The number of aliphatic carboxylic acids is 1. The Hall–Kier alpha value is -1.05. The third kappa shape index (κ3) is 6.46. The van der Waals surface area contributed by atoms with Crippen LogP contribution in [0.2, 0.25) is 0 Å². The third-order valence-corrected chi connectivity index (χ3v) is 2.05. The summed E-state index contributed by atoms with van der Waals surface area (Å²) in [6.45, 7) is 3.97. The maximum absolute atomic E-state index is 10.5. The van der Waals surface area contributed by atoms with Crippen molar-refractivity contribution in [2.75, 3.05) is 0 Å². The minimum Gasteiger partial charge on any atom is -0.545 e. The molecule has 0 radical (unpaired) electrons. The predicted molar refractivity (Wildman–Crippen MR) is 56.7 cm³/mol. The van der Waals surface area contributed by atoms with Gasteiger partial charge >= 0.3 is 0 Å². The molecule has 0 aliphatic heterocycles. The molecule has 0 spiro atoms. The van der Waals surface area contributed by atoms with Gasteiger partial charge in [-0.1, -0.05) is 44.9 Å². The second-order valence-corrected chi connectivity index (χ2v) is 3.26. The summed E-state index contributed by atoms with van der Waals surface area (Å²) in [6.07, 6.45) is 10.6. The highest BCUT2D eigenvalue weighted by Crippen LogP contribution is 2.02. The predicted octanol–water partition coefficient (Wildman–Crippen LogP) is 2.21. The number of hydrogen-bond acceptors (Lipinski definition) is 2. The van der Waals surface area contributed by atoms with Crippen molar-refractivity contribution < 1.29 is 9.90 Å². The van der Waals surface area contributed by atoms with Gasteiger partial charge < -0.3 is 9.90 Å². The van der Waals surface area contributed by atoms with Crippen molar-refractivity contribution in [1.29, 1.82) is 0 Å². The number of carboxylic acid groups (broad SMARTS) is 1. The average molecular weight is 195 g/mol. The number of unbranched alkanes of at least 4 members (excludes halogenated alkanes) is 3. The summed E-state index contributed by atoms with van der Waals surface area (Å²) in [7, 11) is 0. The molecule has 0 atom stereocenters. The maximum Gasteiger partial charge on any atom is 0.0674 e. The molecule has 0 aromatic carbocycles. The van der Waals surface area contributed by atoms with E-state index in [4.69, 9.17) is 0 Å². The van der Waals surface area contributed by atoms with Crippen LogP contribution < -0.4 is 5.11 Å². The summed E-state index contributed by atoms with van der Waals surface area (Å²) in [5.41, 5.74) is 0.358. The Morgan fingerprint density at radius 1 is 1.29 bits per heavy atom. The molecular formula is C12H19O2-. The molecule has 0 N–H and O–H groups in total. The van der Waals surface area contributed by atoms with Crippen LogP contribution in [0.5, 0.6) is 0 Å². The zero-order valence-electron chi connectivity index (χ0n) is 9.08. The zero-order chi connectivity index (χ0) is 10.8. The van der Waals surface area contributed by atoms with Gasteiger partial charge in [0.2, 0.25) is 0 Å². The second-order valence-electron chi connectivity index (χ2n) is 3.26. The van der Waals surface area contributed by atoms with Gasteiger partial charge in [-0.3, -0.25) is 0 Å². The normalized spacial score (nSPS) is 12.3. The molecule has 2 heteroatoms. The molecule has 0 saturated heterocycles. The fourth-order valence-electron chi connectivity index (χ4n) is 1.12. The van der Waals surface area contributed by atoms with E-state index in [1.165, 1.54) is 19.3 Å². The lowest BCUT2D eigenvalue weighted by atomic mass is 10.1. The highest BCUT2D eigenvalue weighted by atomic mass is 16.4. The van der Waals surface area contributed by atoms with Gasteiger partial charge in [-0.15, -0.1) is 0 Å². The van der Waals surface area contributed by atoms with E-state index in [-0.39, 0.29) is 0 Å². The lowest BCUT2D eigenvalue weighted by Crippen LogP contribution is -2.23. The highest BCUT2D eigenvalue weighted by Gasteiger charge is 1.90. The number of carbonyl (C=O) groups excluding carboxylic acids is 1. The molecule has 0 saturated carbocycles. The van der Waals surface area contributed by atoms with Crippen LogP contribution in [0.4, 0.5) is 0 Å². The van der Waals surface area contributed by atoms with E-state index in [9.17, 15) is 9.90 Å². The van der Waals surface area contributed by atoms with Gasteiger partial charge in [0.15, 0.2) is 0 Å². The van der Waals surface area contributed by atoms with Gasteiger partial charge in [0.05, 0.1) is 5.97 Å². The summed E-state index contributed by atoms with van der Waals surface area (Å²) < 4.78 is 0. The number of allylic oxidation sites excluding steroid dienone is 3. The topological polar surface area (TPSA) is 40.1 Å². The molecular weight excluding hydrogens is 176 g/mol. The molecule has 0 rings (SSSR count). The smallest absolute Gasteiger partial charge is 0.0674 e. The Bertz CT molecular complexity index is 214. The van der Waals surface area contributed by atoms with Crippen molar-refractivity contribution in [3.63, 3.8) is 0 Å². The molecule has 0 aliphatic carbocycles. The van der Waals surface area contributed by atoms with Crippen molar-refractivity contribution >= 4 is 5.97 Å². The van der Waals surface area contributed by atoms with Crippen LogP contribution in [0.3, 0.4) is 0 Å². The molecule has 0 heterocycles. The third-order valence-electron chi connectivity index (χ3n) is 2.05. The van der Waals surface area contributed by atoms with Gasteiger partial charge in [0, 0.05) is 0 Å². The van der Waals surface area contributed by atoms with E-state index < -0.39 is 5.97 Å².